The normalized spacial score (nSPS) is 12.1. The second kappa shape index (κ2) is 15.2. The molecule has 0 unspecified atom stereocenters. The second-order valence-electron chi connectivity index (χ2n) is 18.3. The van der Waals surface area contributed by atoms with Crippen LogP contribution in [0, 0.1) is 11.6 Å². The van der Waals surface area contributed by atoms with Crippen molar-refractivity contribution < 1.29 is 18.1 Å². The van der Waals surface area contributed by atoms with E-state index >= 15 is 0 Å². The molecule has 0 fully saturated rings. The van der Waals surface area contributed by atoms with Gasteiger partial charge in [-0.15, -0.1) is 0 Å². The number of hydrogen-bond donors (Lipinski definition) is 0. The smallest absolute Gasteiger partial charge is 0.255 e. The number of pyridine rings is 1. The van der Waals surface area contributed by atoms with Crippen molar-refractivity contribution >= 4 is 32.8 Å². The molecule has 0 saturated carbocycles. The summed E-state index contributed by atoms with van der Waals surface area (Å²) in [6, 6.07) is 53.1. The van der Waals surface area contributed by atoms with Gasteiger partial charge in [-0.05, 0) is 124 Å². The highest BCUT2D eigenvalue weighted by atomic mass is 19.1. The van der Waals surface area contributed by atoms with Gasteiger partial charge in [0.05, 0.1) is 11.0 Å². The predicted octanol–water partition coefficient (Wildman–Crippen LogP) is 14.4. The largest absolute Gasteiger partial charge is 0.457 e. The number of aromatic nitrogens is 4. The van der Waals surface area contributed by atoms with Gasteiger partial charge in [0.15, 0.2) is 11.0 Å². The van der Waals surface area contributed by atoms with Crippen LogP contribution >= 0.6 is 0 Å². The number of imidazole rings is 1. The van der Waals surface area contributed by atoms with Crippen molar-refractivity contribution in [3.05, 3.63) is 199 Å². The number of para-hydroxylation sites is 3. The van der Waals surface area contributed by atoms with Crippen molar-refractivity contribution in [2.45, 2.75) is 52.4 Å². The third kappa shape index (κ3) is 7.33. The van der Waals surface area contributed by atoms with Gasteiger partial charge in [0.25, 0.3) is 6.33 Å². The van der Waals surface area contributed by atoms with Crippen LogP contribution < -0.4 is 9.30 Å². The van der Waals surface area contributed by atoms with Gasteiger partial charge in [-0.25, -0.2) is 13.8 Å². The molecule has 3 aromatic heterocycles. The van der Waals surface area contributed by atoms with Gasteiger partial charge >= 0.3 is 0 Å². The minimum Gasteiger partial charge on any atom is -0.457 e. The Hall–Kier alpha value is -7.38. The molecule has 0 radical (unpaired) electrons. The molecule has 7 heteroatoms. The minimum absolute atomic E-state index is 0.0350. The molecule has 0 N–H and O–H groups in total. The van der Waals surface area contributed by atoms with Gasteiger partial charge < -0.3 is 4.74 Å². The Kier molecular flexibility index (Phi) is 9.59. The minimum atomic E-state index is -0.303. The average Bonchev–Trinajstić information content (AvgIpc) is 3.82. The van der Waals surface area contributed by atoms with Crippen LogP contribution in [0.3, 0.4) is 0 Å². The van der Waals surface area contributed by atoms with E-state index < -0.39 is 0 Å². The lowest BCUT2D eigenvalue weighted by molar-refractivity contribution is -0.566. The van der Waals surface area contributed by atoms with Crippen LogP contribution in [0.5, 0.6) is 11.5 Å². The van der Waals surface area contributed by atoms with Gasteiger partial charge in [-0.2, -0.15) is 9.13 Å². The molecule has 310 valence electrons. The molecule has 0 amide bonds. The Labute approximate surface area is 366 Å². The number of hydrogen-bond acceptors (Lipinski definition) is 2. The number of rotatable bonds is 7. The zero-order valence-corrected chi connectivity index (χ0v) is 36.2. The van der Waals surface area contributed by atoms with Gasteiger partial charge in [-0.1, -0.05) is 102 Å². The predicted molar refractivity (Wildman–Crippen MR) is 252 cm³/mol. The van der Waals surface area contributed by atoms with E-state index in [1.807, 2.05) is 60.8 Å². The van der Waals surface area contributed by atoms with Crippen molar-refractivity contribution in [1.82, 2.24) is 14.1 Å². The number of nitrogens with zero attached hydrogens (tertiary/aromatic N) is 4. The molecule has 0 atom stereocenters. The first kappa shape index (κ1) is 39.7. The molecule has 0 aliphatic carbocycles. The summed E-state index contributed by atoms with van der Waals surface area (Å²) in [7, 11) is 0. The summed E-state index contributed by atoms with van der Waals surface area (Å²) in [4.78, 5) is 4.86. The Morgan fingerprint density at radius 1 is 0.524 bits per heavy atom. The molecule has 0 bridgehead atoms. The molecule has 0 aliphatic heterocycles. The Morgan fingerprint density at radius 2 is 1.13 bits per heavy atom. The molecule has 10 aromatic rings. The topological polar surface area (TPSA) is 35.9 Å². The highest BCUT2D eigenvalue weighted by Crippen LogP contribution is 2.40. The van der Waals surface area contributed by atoms with E-state index in [0.29, 0.717) is 11.5 Å². The third-order valence-corrected chi connectivity index (χ3v) is 12.0. The maximum absolute atomic E-state index is 14.4. The fraction of sp³-hybridized carbons (Fsp3) is 0.143. The summed E-state index contributed by atoms with van der Waals surface area (Å²) in [5, 5.41) is 2.27. The van der Waals surface area contributed by atoms with E-state index in [4.69, 9.17) is 9.72 Å². The standard InChI is InChI=1S/C56H47F2N4O/c1-55(2,3)38-28-29-59-53(32-38)62-49-15-8-7-14-45(49)46-27-26-44(34-52(46)62)63-43-13-11-12-42(33-43)60-35-61(51-17-10-9-16-50(51)60)54-47(36-18-22-40(57)23-19-36)30-39(56(4,5)6)31-48(54)37-20-24-41(58)25-21-37/h7-35H,1-6H3/q+1. The summed E-state index contributed by atoms with van der Waals surface area (Å²) >= 11 is 0. The maximum Gasteiger partial charge on any atom is 0.255 e. The highest BCUT2D eigenvalue weighted by molar-refractivity contribution is 6.09. The highest BCUT2D eigenvalue weighted by Gasteiger charge is 2.28. The van der Waals surface area contributed by atoms with Gasteiger partial charge in [-0.3, -0.25) is 4.57 Å². The summed E-state index contributed by atoms with van der Waals surface area (Å²) in [6.45, 7) is 13.2. The van der Waals surface area contributed by atoms with E-state index in [1.165, 1.54) is 29.8 Å². The SMILES string of the molecule is CC(C)(C)c1ccnc(-n2c3ccccc3c3ccc(Oc4cccc(-n5c[n+](-c6c(-c7ccc(F)cc7)cc(C(C)(C)C)cc6-c6ccc(F)cc6)c6ccccc65)c4)cc32)c1. The van der Waals surface area contributed by atoms with Crippen LogP contribution in [-0.2, 0) is 10.8 Å². The van der Waals surface area contributed by atoms with Crippen LogP contribution in [0.4, 0.5) is 8.78 Å². The summed E-state index contributed by atoms with van der Waals surface area (Å²) in [5.41, 5.74) is 11.5. The molecule has 7 aromatic carbocycles. The van der Waals surface area contributed by atoms with Gasteiger partial charge in [0.2, 0.25) is 0 Å². The van der Waals surface area contributed by atoms with Crippen molar-refractivity contribution in [2.75, 3.05) is 0 Å². The van der Waals surface area contributed by atoms with Gasteiger partial charge in [0.1, 0.15) is 40.3 Å². The summed E-state index contributed by atoms with van der Waals surface area (Å²) in [6.07, 6.45) is 3.99. The molecule has 63 heavy (non-hydrogen) atoms. The van der Waals surface area contributed by atoms with Crippen molar-refractivity contribution in [3.63, 3.8) is 0 Å². The van der Waals surface area contributed by atoms with E-state index in [0.717, 1.165) is 77.8 Å². The molecule has 0 aliphatic rings. The number of benzene rings is 7. The number of ether oxygens (including phenoxy) is 1. The summed E-state index contributed by atoms with van der Waals surface area (Å²) < 4.78 is 42.2. The molecule has 3 heterocycles. The lowest BCUT2D eigenvalue weighted by Gasteiger charge is -2.23. The zero-order chi connectivity index (χ0) is 43.6. The van der Waals surface area contributed by atoms with E-state index in [9.17, 15) is 8.78 Å². The van der Waals surface area contributed by atoms with Crippen LogP contribution in [0.25, 0.3) is 72.3 Å². The quantitative estimate of drug-likeness (QED) is 0.150. The molecule has 0 spiro atoms. The molecule has 0 saturated heterocycles. The molecule has 10 rings (SSSR count). The third-order valence-electron chi connectivity index (χ3n) is 12.0. The van der Waals surface area contributed by atoms with Crippen molar-refractivity contribution in [1.29, 1.82) is 0 Å². The number of fused-ring (bicyclic) bond motifs is 4. The first-order valence-corrected chi connectivity index (χ1v) is 21.3. The Morgan fingerprint density at radius 3 is 1.79 bits per heavy atom. The lowest BCUT2D eigenvalue weighted by atomic mass is 9.82. The van der Waals surface area contributed by atoms with Crippen molar-refractivity contribution in [3.8, 4) is 50.9 Å². The van der Waals surface area contributed by atoms with Gasteiger partial charge in [0, 0.05) is 40.2 Å². The fourth-order valence-corrected chi connectivity index (χ4v) is 8.62. The second-order valence-corrected chi connectivity index (χ2v) is 18.3. The lowest BCUT2D eigenvalue weighted by Crippen LogP contribution is -2.31. The average molecular weight is 830 g/mol. The van der Waals surface area contributed by atoms with E-state index in [2.05, 4.69) is 147 Å². The maximum atomic E-state index is 14.4. The monoisotopic (exact) mass is 829 g/mol. The molecule has 5 nitrogen and oxygen atoms in total. The Balaban J connectivity index is 1.11. The van der Waals surface area contributed by atoms with Crippen LogP contribution in [0.1, 0.15) is 52.7 Å². The zero-order valence-electron chi connectivity index (χ0n) is 36.2. The van der Waals surface area contributed by atoms with Crippen LogP contribution in [0.15, 0.2) is 176 Å². The summed E-state index contributed by atoms with van der Waals surface area (Å²) in [5.74, 6) is 1.64. The number of halogens is 2. The fourth-order valence-electron chi connectivity index (χ4n) is 8.62. The van der Waals surface area contributed by atoms with E-state index in [1.54, 1.807) is 0 Å². The van der Waals surface area contributed by atoms with Crippen LogP contribution in [0.2, 0.25) is 0 Å². The molecular weight excluding hydrogens is 783 g/mol. The molecular formula is C56H47F2N4O+. The first-order valence-electron chi connectivity index (χ1n) is 21.3. The van der Waals surface area contributed by atoms with E-state index in [-0.39, 0.29) is 22.5 Å². The first-order chi connectivity index (χ1) is 30.3. The Bertz CT molecular complexity index is 3280. The van der Waals surface area contributed by atoms with Crippen LogP contribution in [-0.4, -0.2) is 14.1 Å². The van der Waals surface area contributed by atoms with Crippen molar-refractivity contribution in [2.24, 2.45) is 0 Å².